The Kier molecular flexibility index (Phi) is 4.11. The van der Waals surface area contributed by atoms with Crippen molar-refractivity contribution in [2.45, 2.75) is 5.92 Å². The molecule has 0 amide bonds. The van der Waals surface area contributed by atoms with E-state index in [1.807, 2.05) is 48.5 Å². The van der Waals surface area contributed by atoms with Gasteiger partial charge in [0.25, 0.3) is 0 Å². The number of aromatic carboxylic acids is 1. The first-order valence-corrected chi connectivity index (χ1v) is 7.33. The summed E-state index contributed by atoms with van der Waals surface area (Å²) < 4.78 is 0. The Bertz CT molecular complexity index is 825. The van der Waals surface area contributed by atoms with Crippen LogP contribution in [0, 0.1) is 0 Å². The first-order chi connectivity index (χ1) is 11.2. The number of aromatic hydroxyl groups is 1. The lowest BCUT2D eigenvalue weighted by molar-refractivity contribution is 0.0695. The first kappa shape index (κ1) is 14.9. The van der Waals surface area contributed by atoms with Gasteiger partial charge in [-0.15, -0.1) is 0 Å². The zero-order valence-corrected chi connectivity index (χ0v) is 12.4. The van der Waals surface area contributed by atoms with E-state index in [4.69, 9.17) is 0 Å². The van der Waals surface area contributed by atoms with E-state index in [-0.39, 0.29) is 17.2 Å². The fraction of sp³-hybridized carbons (Fsp3) is 0.0500. The van der Waals surface area contributed by atoms with Gasteiger partial charge in [-0.1, -0.05) is 66.7 Å². The summed E-state index contributed by atoms with van der Waals surface area (Å²) in [6.07, 6.45) is 0. The highest BCUT2D eigenvalue weighted by molar-refractivity contribution is 5.90. The summed E-state index contributed by atoms with van der Waals surface area (Å²) in [4.78, 5) is 11.6. The zero-order chi connectivity index (χ0) is 16.2. The van der Waals surface area contributed by atoms with Crippen molar-refractivity contribution >= 4 is 5.97 Å². The Balaban J connectivity index is 2.26. The zero-order valence-electron chi connectivity index (χ0n) is 12.4. The number of carboxylic acid groups (broad SMARTS) is 1. The quantitative estimate of drug-likeness (QED) is 0.708. The molecular weight excluding hydrogens is 288 g/mol. The number of phenolic OH excluding ortho intramolecular Hbond substituents is 1. The Hall–Kier alpha value is -3.07. The van der Waals surface area contributed by atoms with E-state index in [0.717, 1.165) is 5.56 Å². The average molecular weight is 304 g/mol. The third-order valence-electron chi connectivity index (χ3n) is 3.88. The van der Waals surface area contributed by atoms with E-state index < -0.39 is 5.97 Å². The van der Waals surface area contributed by atoms with Crippen LogP contribution < -0.4 is 0 Å². The van der Waals surface area contributed by atoms with Crippen LogP contribution in [0.1, 0.15) is 33.0 Å². The van der Waals surface area contributed by atoms with Crippen LogP contribution in [-0.4, -0.2) is 16.2 Å². The molecule has 0 aliphatic carbocycles. The van der Waals surface area contributed by atoms with Crippen LogP contribution in [0.3, 0.4) is 0 Å². The fourth-order valence-corrected chi connectivity index (χ4v) is 2.85. The van der Waals surface area contributed by atoms with Crippen LogP contribution in [0.5, 0.6) is 5.75 Å². The topological polar surface area (TPSA) is 57.5 Å². The van der Waals surface area contributed by atoms with E-state index in [2.05, 4.69) is 0 Å². The monoisotopic (exact) mass is 304 g/mol. The highest BCUT2D eigenvalue weighted by atomic mass is 16.4. The van der Waals surface area contributed by atoms with Gasteiger partial charge >= 0.3 is 5.97 Å². The van der Waals surface area contributed by atoms with Crippen molar-refractivity contribution in [3.63, 3.8) is 0 Å². The van der Waals surface area contributed by atoms with Crippen LogP contribution in [-0.2, 0) is 0 Å². The van der Waals surface area contributed by atoms with Crippen LogP contribution in [0.15, 0.2) is 78.9 Å². The van der Waals surface area contributed by atoms with E-state index in [1.54, 1.807) is 30.3 Å². The highest BCUT2D eigenvalue weighted by Gasteiger charge is 2.24. The molecule has 0 heterocycles. The summed E-state index contributed by atoms with van der Waals surface area (Å²) in [7, 11) is 0. The summed E-state index contributed by atoms with van der Waals surface area (Å²) in [5.41, 5.74) is 2.52. The molecule has 0 spiro atoms. The van der Waals surface area contributed by atoms with Gasteiger partial charge in [-0.25, -0.2) is 4.79 Å². The molecule has 0 unspecified atom stereocenters. The highest BCUT2D eigenvalue weighted by Crippen LogP contribution is 2.37. The molecule has 3 rings (SSSR count). The lowest BCUT2D eigenvalue weighted by Gasteiger charge is -2.21. The molecule has 114 valence electrons. The number of rotatable bonds is 4. The van der Waals surface area contributed by atoms with Gasteiger partial charge in [0.2, 0.25) is 0 Å². The van der Waals surface area contributed by atoms with E-state index in [0.29, 0.717) is 11.1 Å². The molecule has 0 saturated carbocycles. The molecule has 3 heteroatoms. The largest absolute Gasteiger partial charge is 0.508 e. The second-order valence-corrected chi connectivity index (χ2v) is 5.29. The maximum absolute atomic E-state index is 11.6. The van der Waals surface area contributed by atoms with Crippen molar-refractivity contribution in [1.82, 2.24) is 0 Å². The van der Waals surface area contributed by atoms with E-state index >= 15 is 0 Å². The molecule has 2 N–H and O–H groups in total. The van der Waals surface area contributed by atoms with Gasteiger partial charge in [0.15, 0.2) is 0 Å². The summed E-state index contributed by atoms with van der Waals surface area (Å²) in [5.74, 6) is -1.16. The van der Waals surface area contributed by atoms with Crippen molar-refractivity contribution < 1.29 is 15.0 Å². The number of para-hydroxylation sites is 1. The third-order valence-corrected chi connectivity index (χ3v) is 3.88. The molecule has 0 bridgehead atoms. The third kappa shape index (κ3) is 2.94. The minimum Gasteiger partial charge on any atom is -0.508 e. The molecular formula is C20H16O3. The Labute approximate surface area is 134 Å². The molecule has 0 fully saturated rings. The summed E-state index contributed by atoms with van der Waals surface area (Å²) in [5, 5.41) is 19.8. The summed E-state index contributed by atoms with van der Waals surface area (Å²) >= 11 is 0. The van der Waals surface area contributed by atoms with Crippen LogP contribution >= 0.6 is 0 Å². The second-order valence-electron chi connectivity index (χ2n) is 5.29. The molecule has 3 aromatic rings. The molecule has 0 saturated heterocycles. The predicted molar refractivity (Wildman–Crippen MR) is 88.9 cm³/mol. The Morgan fingerprint density at radius 3 is 1.96 bits per heavy atom. The fourth-order valence-electron chi connectivity index (χ4n) is 2.85. The van der Waals surface area contributed by atoms with Gasteiger partial charge < -0.3 is 10.2 Å². The minimum absolute atomic E-state index is 0.154. The number of phenols is 1. The molecule has 0 aromatic heterocycles. The normalized spacial score (nSPS) is 11.8. The molecule has 0 aliphatic rings. The number of carboxylic acids is 1. The van der Waals surface area contributed by atoms with Gasteiger partial charge in [0, 0.05) is 11.5 Å². The average Bonchev–Trinajstić information content (AvgIpc) is 2.58. The molecule has 0 aliphatic heterocycles. The number of hydrogen-bond acceptors (Lipinski definition) is 2. The summed E-state index contributed by atoms with van der Waals surface area (Å²) in [6, 6.07) is 23.6. The summed E-state index contributed by atoms with van der Waals surface area (Å²) in [6.45, 7) is 0. The maximum Gasteiger partial charge on any atom is 0.335 e. The van der Waals surface area contributed by atoms with Crippen molar-refractivity contribution in [3.8, 4) is 5.75 Å². The smallest absolute Gasteiger partial charge is 0.335 e. The van der Waals surface area contributed by atoms with Crippen molar-refractivity contribution in [1.29, 1.82) is 0 Å². The molecule has 3 aromatic carbocycles. The minimum atomic E-state index is -0.975. The first-order valence-electron chi connectivity index (χ1n) is 7.33. The van der Waals surface area contributed by atoms with Crippen molar-refractivity contribution in [2.75, 3.05) is 0 Å². The standard InChI is InChI=1S/C20H16O3/c21-18-13-7-6-12-17(18)19(14-8-2-1-3-9-14)15-10-4-5-11-16(15)20(22)23/h1-13,19,21H,(H,22,23)/t19-/m1/s1. The van der Waals surface area contributed by atoms with E-state index in [9.17, 15) is 15.0 Å². The maximum atomic E-state index is 11.6. The molecule has 23 heavy (non-hydrogen) atoms. The predicted octanol–water partition coefficient (Wildman–Crippen LogP) is 4.27. The SMILES string of the molecule is O=C(O)c1ccccc1[C@@H](c1ccccc1)c1ccccc1O. The second kappa shape index (κ2) is 6.36. The van der Waals surface area contributed by atoms with E-state index in [1.165, 1.54) is 0 Å². The van der Waals surface area contributed by atoms with Gasteiger partial charge in [-0.3, -0.25) is 0 Å². The Morgan fingerprint density at radius 2 is 1.30 bits per heavy atom. The lowest BCUT2D eigenvalue weighted by atomic mass is 9.82. The lowest BCUT2D eigenvalue weighted by Crippen LogP contribution is -2.10. The van der Waals surface area contributed by atoms with Gasteiger partial charge in [0.05, 0.1) is 5.56 Å². The van der Waals surface area contributed by atoms with Crippen LogP contribution in [0.25, 0.3) is 0 Å². The van der Waals surface area contributed by atoms with Gasteiger partial charge in [-0.2, -0.15) is 0 Å². The van der Waals surface area contributed by atoms with Crippen LogP contribution in [0.4, 0.5) is 0 Å². The van der Waals surface area contributed by atoms with Gasteiger partial charge in [-0.05, 0) is 23.3 Å². The van der Waals surface area contributed by atoms with Gasteiger partial charge in [0.1, 0.15) is 5.75 Å². The van der Waals surface area contributed by atoms with Crippen molar-refractivity contribution in [3.05, 3.63) is 101 Å². The molecule has 1 atom stereocenters. The van der Waals surface area contributed by atoms with Crippen molar-refractivity contribution in [2.24, 2.45) is 0 Å². The van der Waals surface area contributed by atoms with Crippen LogP contribution in [0.2, 0.25) is 0 Å². The Morgan fingerprint density at radius 1 is 0.739 bits per heavy atom. The number of carbonyl (C=O) groups is 1. The number of benzene rings is 3. The number of hydrogen-bond donors (Lipinski definition) is 2. The molecule has 3 nitrogen and oxygen atoms in total. The molecule has 0 radical (unpaired) electrons.